The van der Waals surface area contributed by atoms with Gasteiger partial charge >= 0.3 is 53.5 Å². The zero-order chi connectivity index (χ0) is 48.5. The summed E-state index contributed by atoms with van der Waals surface area (Å²) in [6.07, 6.45) is 2.31. The van der Waals surface area contributed by atoms with Crippen molar-refractivity contribution in [2.24, 2.45) is 0 Å². The second-order valence-corrected chi connectivity index (χ2v) is 27.0. The molecule has 0 spiro atoms. The predicted molar refractivity (Wildman–Crippen MR) is 245 cm³/mol. The predicted octanol–water partition coefficient (Wildman–Crippen LogP) is 13.7. The first kappa shape index (κ1) is 72.6. The summed E-state index contributed by atoms with van der Waals surface area (Å²) in [4.78, 5) is 24.2. The van der Waals surface area contributed by atoms with Gasteiger partial charge in [0.2, 0.25) is 0 Å². The van der Waals surface area contributed by atoms with Gasteiger partial charge in [0, 0.05) is 39.7 Å². The van der Waals surface area contributed by atoms with Crippen LogP contribution < -0.4 is 0 Å². The third-order valence-corrected chi connectivity index (χ3v) is 17.3. The molecule has 62 heavy (non-hydrogen) atoms. The average Bonchev–Trinajstić information content (AvgIpc) is 3.05. The molecule has 364 valence electrons. The Balaban J connectivity index is -0.000000183. The van der Waals surface area contributed by atoms with Crippen LogP contribution in [0.15, 0.2) is 36.4 Å². The van der Waals surface area contributed by atoms with Crippen molar-refractivity contribution in [2.75, 3.05) is 26.2 Å². The molecule has 0 aromatic carbocycles. The molecule has 0 unspecified atom stereocenters. The third kappa shape index (κ3) is 44.2. The first-order valence-electron chi connectivity index (χ1n) is 20.4. The van der Waals surface area contributed by atoms with Gasteiger partial charge in [-0.3, -0.25) is 19.8 Å². The molecule has 0 saturated carbocycles. The second-order valence-electron chi connectivity index (χ2n) is 18.4. The van der Waals surface area contributed by atoms with Gasteiger partial charge in [0.1, 0.15) is 5.78 Å². The Bertz CT molecular complexity index is 1320. The number of hydrogen-bond donors (Lipinski definition) is 0. The van der Waals surface area contributed by atoms with Crippen LogP contribution in [0.1, 0.15) is 147 Å². The monoisotopic (exact) mass is 1110 g/mol. The summed E-state index contributed by atoms with van der Waals surface area (Å²) < 4.78 is 78.0. The molecule has 7 nitrogen and oxygen atoms in total. The first-order chi connectivity index (χ1) is 26.9. The molecule has 0 fully saturated rings. The molecule has 2 rings (SSSR count). The molecule has 0 amide bonds. The Kier molecular flexibility index (Phi) is 40.2. The Labute approximate surface area is 399 Å². The summed E-state index contributed by atoms with van der Waals surface area (Å²) in [6.45, 7) is 46.9. The number of pyridine rings is 2. The van der Waals surface area contributed by atoms with Crippen LogP contribution in [0.3, 0.4) is 0 Å². The number of halogens is 8. The number of Topliss-reactive ketones (excluding diaryl/α,β-unsaturated/α-hetero) is 1. The molecule has 2 aromatic heterocycles. The number of ketones is 1. The summed E-state index contributed by atoms with van der Waals surface area (Å²) >= 11 is 0. The molecule has 2 radical (unpaired) electrons. The number of hydrogen-bond acceptors (Lipinski definition) is 7. The topological polar surface area (TPSA) is 96.9 Å². The van der Waals surface area contributed by atoms with Crippen molar-refractivity contribution >= 4 is 36.1 Å². The zero-order valence-electron chi connectivity index (χ0n) is 40.6. The van der Waals surface area contributed by atoms with E-state index < -0.39 is 30.4 Å². The molecule has 0 aliphatic carbocycles. The number of carbonyl (C=O) groups is 1. The minimum Gasteiger partial charge on any atom is -0.418 e. The molecular formula is C41H78B2F8N6OP2Rh2+4. The Morgan fingerprint density at radius 3 is 0.855 bits per heavy atom. The maximum Gasteiger partial charge on any atom is 2.00 e. The van der Waals surface area contributed by atoms with E-state index in [9.17, 15) is 39.3 Å². The summed E-state index contributed by atoms with van der Waals surface area (Å²) in [7, 11) is -13.1. The van der Waals surface area contributed by atoms with Crippen molar-refractivity contribution < 1.29 is 78.3 Å². The number of rotatable bonds is 12. The summed E-state index contributed by atoms with van der Waals surface area (Å²) in [5, 5.41) is 13.6. The minimum atomic E-state index is -6.00. The van der Waals surface area contributed by atoms with Crippen LogP contribution in [0, 0.1) is 10.8 Å². The van der Waals surface area contributed by atoms with E-state index in [2.05, 4.69) is 157 Å². The summed E-state index contributed by atoms with van der Waals surface area (Å²) in [5.74, 6) is 0.167. The molecule has 2 aromatic rings. The van der Waals surface area contributed by atoms with Gasteiger partial charge in [-0.05, 0) is 147 Å². The van der Waals surface area contributed by atoms with Gasteiger partial charge in [-0.25, -0.2) is 0 Å². The number of nitrogens with zero attached hydrogens (tertiary/aromatic N) is 6. The van der Waals surface area contributed by atoms with E-state index in [-0.39, 0.29) is 44.7 Å². The number of carbonyl (C=O) groups excluding carboxylic acids is 1. The normalized spacial score (nSPS) is 11.7. The third-order valence-electron chi connectivity index (χ3n) is 8.63. The second kappa shape index (κ2) is 34.3. The van der Waals surface area contributed by atoms with E-state index >= 15 is 0 Å². The smallest absolute Gasteiger partial charge is 0.418 e. The fourth-order valence-electron chi connectivity index (χ4n) is 6.46. The van der Waals surface area contributed by atoms with E-state index in [1.54, 1.807) is 0 Å². The van der Waals surface area contributed by atoms with Crippen molar-refractivity contribution in [3.8, 4) is 0 Å². The van der Waals surface area contributed by atoms with Crippen LogP contribution in [0.25, 0.3) is 0 Å². The van der Waals surface area contributed by atoms with Crippen LogP contribution in [0.5, 0.6) is 0 Å². The Morgan fingerprint density at radius 2 is 0.694 bits per heavy atom. The summed E-state index contributed by atoms with van der Waals surface area (Å²) in [5.41, 5.74) is 4.99. The van der Waals surface area contributed by atoms with Crippen LogP contribution in [-0.2, 0) is 69.2 Å². The van der Waals surface area contributed by atoms with Crippen LogP contribution in [0.2, 0.25) is 0 Å². The molecule has 0 aliphatic rings. The molecule has 0 aliphatic heterocycles. The molecule has 2 heterocycles. The largest absolute Gasteiger partial charge is 2.00 e. The van der Waals surface area contributed by atoms with Gasteiger partial charge in [-0.2, -0.15) is 0 Å². The van der Waals surface area contributed by atoms with Gasteiger partial charge in [0.05, 0.1) is 55.7 Å². The van der Waals surface area contributed by atoms with Crippen LogP contribution in [0.4, 0.5) is 34.5 Å². The number of aromatic nitrogens is 2. The fourth-order valence-corrected chi connectivity index (χ4v) is 14.2. The Morgan fingerprint density at radius 1 is 0.516 bits per heavy atom. The van der Waals surface area contributed by atoms with Crippen molar-refractivity contribution in [3.05, 3.63) is 59.2 Å². The fraction of sp³-hybridized carbons (Fsp3) is 0.732. The van der Waals surface area contributed by atoms with Crippen molar-refractivity contribution in [1.82, 2.24) is 19.8 Å². The van der Waals surface area contributed by atoms with E-state index in [0.717, 1.165) is 51.6 Å². The first-order valence-corrected chi connectivity index (χ1v) is 23.8. The van der Waals surface area contributed by atoms with Gasteiger partial charge in [0.25, 0.3) is 0 Å². The van der Waals surface area contributed by atoms with Crippen molar-refractivity contribution in [3.63, 3.8) is 0 Å². The molecule has 0 atom stereocenters. The van der Waals surface area contributed by atoms with Gasteiger partial charge in [-0.15, -0.1) is 0 Å². The molecule has 0 bridgehead atoms. The maximum absolute atomic E-state index is 9.75. The standard InChI is InChI=1S/2C19H35N2P.C3H6O.2BF4.N2.2Rh/c2*1-9-21(10-2)14-16-12-11-13-17(20-16)15-22(18(3,4)5)19(6,7)8;1-3(2)4;2*2-1(3,4)5;1-2;;/h2*11-13H,9-10,14-15H2,1-8H3;1-2H3;;;;;/q;;;2*-1;;2*+2/p+2. The quantitative estimate of drug-likeness (QED) is 0.0904. The molecule has 0 N–H and O–H groups in total. The van der Waals surface area contributed by atoms with Gasteiger partial charge < -0.3 is 39.3 Å². The van der Waals surface area contributed by atoms with Gasteiger partial charge in [0.15, 0.2) is 0 Å². The van der Waals surface area contributed by atoms with Crippen LogP contribution >= 0.6 is 15.8 Å². The van der Waals surface area contributed by atoms with Crippen molar-refractivity contribution in [1.29, 1.82) is 10.8 Å². The average molecular weight is 1110 g/mol. The van der Waals surface area contributed by atoms with Crippen molar-refractivity contribution in [2.45, 2.75) is 171 Å². The Hall–Kier alpha value is -1.01. The minimum absolute atomic E-state index is 0. The van der Waals surface area contributed by atoms with E-state index in [1.165, 1.54) is 36.6 Å². The SMILES string of the molecule is CC(C)=O.CCN(CC)Cc1cccc(C[PH+](C(C)(C)C)C(C)(C)C)n1.CCN(CC)Cc1cccc(C[PH+](C(C)(C)C)C(C)(C)C)n1.F[B-](F)(F)F.F[B-](F)(F)F.N#N.[Rh+2].[Rh+2]. The molecular weight excluding hydrogens is 1030 g/mol. The van der Waals surface area contributed by atoms with E-state index in [1.807, 2.05) is 0 Å². The van der Waals surface area contributed by atoms with E-state index in [4.69, 9.17) is 20.8 Å². The zero-order valence-corrected chi connectivity index (χ0v) is 45.8. The van der Waals surface area contributed by atoms with Gasteiger partial charge in [-0.1, -0.05) is 39.8 Å². The van der Waals surface area contributed by atoms with Crippen LogP contribution in [-0.4, -0.2) is 86.9 Å². The van der Waals surface area contributed by atoms with E-state index in [0.29, 0.717) is 20.6 Å². The molecule has 0 saturated heterocycles. The maximum atomic E-state index is 9.75. The molecule has 21 heteroatoms. The summed E-state index contributed by atoms with van der Waals surface area (Å²) in [6, 6.07) is 13.1.